The van der Waals surface area contributed by atoms with Crippen LogP contribution in [0.15, 0.2) is 77.6 Å². The van der Waals surface area contributed by atoms with Gasteiger partial charge in [-0.3, -0.25) is 9.69 Å². The van der Waals surface area contributed by atoms with Crippen LogP contribution in [-0.4, -0.2) is 50.4 Å². The van der Waals surface area contributed by atoms with Gasteiger partial charge in [-0.05, 0) is 34.2 Å². The lowest BCUT2D eigenvalue weighted by Crippen LogP contribution is -2.28. The van der Waals surface area contributed by atoms with Crippen molar-refractivity contribution in [3.05, 3.63) is 106 Å². The first-order valence-electron chi connectivity index (χ1n) is 12.7. The third-order valence-corrected chi connectivity index (χ3v) is 6.71. The van der Waals surface area contributed by atoms with Crippen molar-refractivity contribution in [2.24, 2.45) is 0 Å². The van der Waals surface area contributed by atoms with E-state index in [1.165, 1.54) is 0 Å². The van der Waals surface area contributed by atoms with Crippen LogP contribution in [0.25, 0.3) is 10.9 Å². The maximum atomic E-state index is 13.2. The summed E-state index contributed by atoms with van der Waals surface area (Å²) in [6.45, 7) is 2.87. The molecule has 6 rings (SSSR count). The van der Waals surface area contributed by atoms with Crippen LogP contribution in [0.1, 0.15) is 22.5 Å². The third-order valence-electron chi connectivity index (χ3n) is 6.71. The van der Waals surface area contributed by atoms with Gasteiger partial charge >= 0.3 is 0 Å². The number of para-hydroxylation sites is 1. The van der Waals surface area contributed by atoms with Gasteiger partial charge in [0.25, 0.3) is 5.56 Å². The summed E-state index contributed by atoms with van der Waals surface area (Å²) < 4.78 is 18.8. The molecule has 0 radical (unpaired) electrons. The van der Waals surface area contributed by atoms with E-state index in [0.717, 1.165) is 22.3 Å². The second kappa shape index (κ2) is 11.0. The van der Waals surface area contributed by atoms with E-state index in [-0.39, 0.29) is 5.56 Å². The molecule has 2 aromatic heterocycles. The van der Waals surface area contributed by atoms with Gasteiger partial charge in [0, 0.05) is 35.7 Å². The van der Waals surface area contributed by atoms with Crippen LogP contribution >= 0.6 is 0 Å². The van der Waals surface area contributed by atoms with Crippen molar-refractivity contribution < 1.29 is 14.2 Å². The van der Waals surface area contributed by atoms with Gasteiger partial charge in [-0.15, -0.1) is 5.10 Å². The summed E-state index contributed by atoms with van der Waals surface area (Å²) in [4.78, 5) is 18.4. The van der Waals surface area contributed by atoms with E-state index in [1.54, 1.807) is 11.8 Å². The number of fused-ring (bicyclic) bond motifs is 2. The quantitative estimate of drug-likeness (QED) is 0.312. The average Bonchev–Trinajstić information content (AvgIpc) is 3.39. The number of aromatic nitrogens is 5. The highest BCUT2D eigenvalue weighted by Gasteiger charge is 2.19. The van der Waals surface area contributed by atoms with E-state index < -0.39 is 0 Å². The van der Waals surface area contributed by atoms with Gasteiger partial charge in [-0.2, -0.15) is 0 Å². The van der Waals surface area contributed by atoms with Crippen LogP contribution in [0.4, 0.5) is 0 Å². The number of hydrogen-bond acceptors (Lipinski definition) is 8. The number of methoxy groups -OCH3 is 1. The Morgan fingerprint density at radius 1 is 0.923 bits per heavy atom. The number of nitrogens with one attached hydrogen (secondary N) is 1. The number of hydrogen-bond donors (Lipinski definition) is 1. The van der Waals surface area contributed by atoms with E-state index in [1.807, 2.05) is 72.8 Å². The molecule has 198 valence electrons. The lowest BCUT2D eigenvalue weighted by atomic mass is 10.1. The first-order chi connectivity index (χ1) is 19.2. The molecule has 0 saturated heterocycles. The van der Waals surface area contributed by atoms with Crippen LogP contribution < -0.4 is 19.8 Å². The van der Waals surface area contributed by atoms with Crippen LogP contribution in [-0.2, 0) is 26.2 Å². The van der Waals surface area contributed by atoms with Crippen molar-refractivity contribution in [3.63, 3.8) is 0 Å². The molecule has 0 aliphatic carbocycles. The molecule has 0 spiro atoms. The van der Waals surface area contributed by atoms with Crippen LogP contribution in [0, 0.1) is 0 Å². The molecule has 10 nitrogen and oxygen atoms in total. The Morgan fingerprint density at radius 2 is 1.67 bits per heavy atom. The molecular formula is C29H28N6O4. The molecular weight excluding hydrogens is 496 g/mol. The Hall–Kier alpha value is -4.70. The molecule has 0 bridgehead atoms. The Balaban J connectivity index is 1.32. The SMILES string of the molecule is COc1ccccc1CN(Cc1cc2cc3c(cc2[nH]c1=O)OCCO3)Cc1nnnn1Cc1ccccc1. The molecule has 0 fully saturated rings. The Kier molecular flexibility index (Phi) is 6.92. The molecule has 0 atom stereocenters. The fraction of sp³-hybridized carbons (Fsp3) is 0.241. The Bertz CT molecular complexity index is 1650. The normalized spacial score (nSPS) is 12.7. The number of rotatable bonds is 9. The van der Waals surface area contributed by atoms with E-state index in [2.05, 4.69) is 25.4 Å². The monoisotopic (exact) mass is 524 g/mol. The van der Waals surface area contributed by atoms with Gasteiger partial charge < -0.3 is 19.2 Å². The molecule has 0 saturated carbocycles. The van der Waals surface area contributed by atoms with Gasteiger partial charge in [0.05, 0.1) is 25.7 Å². The van der Waals surface area contributed by atoms with Crippen molar-refractivity contribution in [2.75, 3.05) is 20.3 Å². The number of benzene rings is 3. The van der Waals surface area contributed by atoms with Crippen molar-refractivity contribution in [2.45, 2.75) is 26.2 Å². The zero-order valence-electron chi connectivity index (χ0n) is 21.5. The highest BCUT2D eigenvalue weighted by molar-refractivity contribution is 5.83. The topological polar surface area (TPSA) is 107 Å². The maximum absolute atomic E-state index is 13.2. The van der Waals surface area contributed by atoms with E-state index in [0.29, 0.717) is 67.8 Å². The van der Waals surface area contributed by atoms with E-state index in [9.17, 15) is 4.79 Å². The third kappa shape index (κ3) is 5.46. The predicted molar refractivity (Wildman–Crippen MR) is 145 cm³/mol. The minimum absolute atomic E-state index is 0.159. The average molecular weight is 525 g/mol. The van der Waals surface area contributed by atoms with Gasteiger partial charge in [-0.1, -0.05) is 48.5 Å². The molecule has 3 aromatic carbocycles. The second-order valence-corrected chi connectivity index (χ2v) is 9.40. The number of nitrogens with zero attached hydrogens (tertiary/aromatic N) is 5. The van der Waals surface area contributed by atoms with Crippen LogP contribution in [0.3, 0.4) is 0 Å². The highest BCUT2D eigenvalue weighted by atomic mass is 16.6. The van der Waals surface area contributed by atoms with Crippen molar-refractivity contribution >= 4 is 10.9 Å². The van der Waals surface area contributed by atoms with E-state index in [4.69, 9.17) is 14.2 Å². The summed E-state index contributed by atoms with van der Waals surface area (Å²) in [6.07, 6.45) is 0. The molecule has 1 N–H and O–H groups in total. The molecule has 1 aliphatic rings. The summed E-state index contributed by atoms with van der Waals surface area (Å²) in [5, 5.41) is 13.3. The van der Waals surface area contributed by atoms with Crippen molar-refractivity contribution in [1.29, 1.82) is 0 Å². The second-order valence-electron chi connectivity index (χ2n) is 9.40. The van der Waals surface area contributed by atoms with Gasteiger partial charge in [0.15, 0.2) is 17.3 Å². The van der Waals surface area contributed by atoms with Gasteiger partial charge in [0.1, 0.15) is 19.0 Å². The summed E-state index contributed by atoms with van der Waals surface area (Å²) in [5.41, 5.74) is 3.27. The summed E-state index contributed by atoms with van der Waals surface area (Å²) in [6, 6.07) is 23.6. The Morgan fingerprint density at radius 3 is 2.49 bits per heavy atom. The number of pyridine rings is 1. The molecule has 0 unspecified atom stereocenters. The lowest BCUT2D eigenvalue weighted by molar-refractivity contribution is 0.172. The molecule has 3 heterocycles. The molecule has 39 heavy (non-hydrogen) atoms. The largest absolute Gasteiger partial charge is 0.496 e. The minimum atomic E-state index is -0.159. The minimum Gasteiger partial charge on any atom is -0.496 e. The fourth-order valence-electron chi connectivity index (χ4n) is 4.80. The van der Waals surface area contributed by atoms with Crippen LogP contribution in [0.5, 0.6) is 17.2 Å². The molecule has 10 heteroatoms. The van der Waals surface area contributed by atoms with Crippen molar-refractivity contribution in [3.8, 4) is 17.2 Å². The number of ether oxygens (including phenoxy) is 3. The van der Waals surface area contributed by atoms with E-state index >= 15 is 0 Å². The van der Waals surface area contributed by atoms with Gasteiger partial charge in [-0.25, -0.2) is 4.68 Å². The number of tetrazole rings is 1. The zero-order chi connectivity index (χ0) is 26.6. The molecule has 1 aliphatic heterocycles. The zero-order valence-corrected chi connectivity index (χ0v) is 21.5. The number of aromatic amines is 1. The fourth-order valence-corrected chi connectivity index (χ4v) is 4.80. The summed E-state index contributed by atoms with van der Waals surface area (Å²) in [7, 11) is 1.66. The first-order valence-corrected chi connectivity index (χ1v) is 12.7. The highest BCUT2D eigenvalue weighted by Crippen LogP contribution is 2.33. The summed E-state index contributed by atoms with van der Waals surface area (Å²) >= 11 is 0. The smallest absolute Gasteiger partial charge is 0.252 e. The predicted octanol–water partition coefficient (Wildman–Crippen LogP) is 3.55. The molecule has 5 aromatic rings. The Labute approximate surface area is 224 Å². The first kappa shape index (κ1) is 24.6. The summed E-state index contributed by atoms with van der Waals surface area (Å²) in [5.74, 6) is 2.80. The van der Waals surface area contributed by atoms with Crippen LogP contribution in [0.2, 0.25) is 0 Å². The van der Waals surface area contributed by atoms with Gasteiger partial charge in [0.2, 0.25) is 0 Å². The standard InChI is InChI=1S/C29H28N6O4/c1-37-25-10-6-5-9-21(25)17-34(19-28-31-32-33-35(28)16-20-7-3-2-4-8-20)18-23-13-22-14-26-27(39-12-11-38-26)15-24(22)30-29(23)36/h2-10,13-15H,11-12,16-19H2,1H3,(H,30,36). The lowest BCUT2D eigenvalue weighted by Gasteiger charge is -2.23. The number of H-pyrrole nitrogens is 1. The van der Waals surface area contributed by atoms with Crippen molar-refractivity contribution in [1.82, 2.24) is 30.1 Å². The maximum Gasteiger partial charge on any atom is 0.252 e. The molecule has 0 amide bonds.